The zero-order valence-electron chi connectivity index (χ0n) is 14.5. The minimum Gasteiger partial charge on any atom is -0.331 e. The number of primary sulfonamides is 1. The maximum atomic E-state index is 12.1. The second-order valence-corrected chi connectivity index (χ2v) is 7.77. The van der Waals surface area contributed by atoms with Gasteiger partial charge in [-0.3, -0.25) is 0 Å². The highest BCUT2D eigenvalue weighted by Crippen LogP contribution is 2.18. The monoisotopic (exact) mass is 361 g/mol. The van der Waals surface area contributed by atoms with E-state index >= 15 is 0 Å². The van der Waals surface area contributed by atoms with Crippen molar-refractivity contribution in [3.63, 3.8) is 0 Å². The molecule has 0 spiro atoms. The summed E-state index contributed by atoms with van der Waals surface area (Å²) < 4.78 is 22.5. The predicted octanol–water partition coefficient (Wildman–Crippen LogP) is 3.34. The summed E-state index contributed by atoms with van der Waals surface area (Å²) in [4.78, 5) is 12.1. The lowest BCUT2D eigenvalue weighted by atomic mass is 10.0. The van der Waals surface area contributed by atoms with E-state index in [0.29, 0.717) is 11.6 Å². The Morgan fingerprint density at radius 1 is 0.920 bits per heavy atom. The van der Waals surface area contributed by atoms with Gasteiger partial charge in [-0.15, -0.1) is 0 Å². The lowest BCUT2D eigenvalue weighted by Gasteiger charge is -2.16. The number of benzene rings is 2. The molecule has 7 heteroatoms. The highest BCUT2D eigenvalue weighted by molar-refractivity contribution is 7.89. The average Bonchev–Trinajstić information content (AvgIpc) is 2.54. The van der Waals surface area contributed by atoms with Crippen molar-refractivity contribution in [2.75, 3.05) is 5.32 Å². The van der Waals surface area contributed by atoms with Gasteiger partial charge >= 0.3 is 6.03 Å². The molecule has 0 saturated carbocycles. The molecule has 1 unspecified atom stereocenters. The summed E-state index contributed by atoms with van der Waals surface area (Å²) in [6, 6.07) is 13.2. The van der Waals surface area contributed by atoms with E-state index in [0.717, 1.165) is 5.56 Å². The van der Waals surface area contributed by atoms with E-state index in [1.165, 1.54) is 17.7 Å². The van der Waals surface area contributed by atoms with Crippen LogP contribution in [0.5, 0.6) is 0 Å². The second kappa shape index (κ2) is 7.67. The summed E-state index contributed by atoms with van der Waals surface area (Å²) in [5.41, 5.74) is 2.69. The van der Waals surface area contributed by atoms with E-state index in [9.17, 15) is 13.2 Å². The van der Waals surface area contributed by atoms with E-state index in [2.05, 4.69) is 24.5 Å². The first-order valence-electron chi connectivity index (χ1n) is 7.97. The van der Waals surface area contributed by atoms with Crippen molar-refractivity contribution in [3.8, 4) is 0 Å². The summed E-state index contributed by atoms with van der Waals surface area (Å²) in [6.45, 7) is 6.03. The van der Waals surface area contributed by atoms with Crippen molar-refractivity contribution in [3.05, 3.63) is 59.7 Å². The van der Waals surface area contributed by atoms with Gasteiger partial charge in [0.05, 0.1) is 10.9 Å². The summed E-state index contributed by atoms with van der Waals surface area (Å²) in [5.74, 6) is 0.434. The average molecular weight is 361 g/mol. The maximum absolute atomic E-state index is 12.1. The lowest BCUT2D eigenvalue weighted by Crippen LogP contribution is -2.31. The lowest BCUT2D eigenvalue weighted by molar-refractivity contribution is 0.249. The minimum absolute atomic E-state index is 0.0399. The van der Waals surface area contributed by atoms with Crippen LogP contribution in [0.3, 0.4) is 0 Å². The molecule has 0 fully saturated rings. The number of nitrogens with two attached hydrogens (primary N) is 1. The topological polar surface area (TPSA) is 101 Å². The molecular formula is C18H23N3O3S. The molecule has 1 atom stereocenters. The van der Waals surface area contributed by atoms with Gasteiger partial charge in [-0.2, -0.15) is 0 Å². The van der Waals surface area contributed by atoms with Gasteiger partial charge < -0.3 is 10.6 Å². The fourth-order valence-corrected chi connectivity index (χ4v) is 2.86. The van der Waals surface area contributed by atoms with E-state index in [4.69, 9.17) is 5.14 Å². The van der Waals surface area contributed by atoms with Crippen LogP contribution < -0.4 is 15.8 Å². The number of sulfonamides is 1. The van der Waals surface area contributed by atoms with E-state index in [1.54, 1.807) is 12.1 Å². The summed E-state index contributed by atoms with van der Waals surface area (Å²) in [7, 11) is -3.72. The minimum atomic E-state index is -3.72. The van der Waals surface area contributed by atoms with E-state index < -0.39 is 10.0 Å². The quantitative estimate of drug-likeness (QED) is 0.761. The van der Waals surface area contributed by atoms with Gasteiger partial charge in [-0.1, -0.05) is 38.1 Å². The van der Waals surface area contributed by atoms with Crippen molar-refractivity contribution < 1.29 is 13.2 Å². The van der Waals surface area contributed by atoms with Gasteiger partial charge in [0.15, 0.2) is 0 Å². The number of hydrogen-bond acceptors (Lipinski definition) is 3. The molecule has 0 bridgehead atoms. The molecule has 4 N–H and O–H groups in total. The number of urea groups is 1. The van der Waals surface area contributed by atoms with Crippen molar-refractivity contribution >= 4 is 21.7 Å². The molecular weight excluding hydrogens is 338 g/mol. The molecule has 25 heavy (non-hydrogen) atoms. The Hall–Kier alpha value is -2.38. The van der Waals surface area contributed by atoms with Crippen LogP contribution in [0.4, 0.5) is 10.5 Å². The highest BCUT2D eigenvalue weighted by Gasteiger charge is 2.12. The molecule has 134 valence electrons. The summed E-state index contributed by atoms with van der Waals surface area (Å²) in [6.07, 6.45) is 0. The Labute approximate surface area is 148 Å². The van der Waals surface area contributed by atoms with Crippen LogP contribution in [0, 0.1) is 0 Å². The van der Waals surface area contributed by atoms with Gasteiger partial charge in [0, 0.05) is 5.69 Å². The third-order valence-corrected chi connectivity index (χ3v) is 4.82. The Kier molecular flexibility index (Phi) is 5.81. The fraction of sp³-hybridized carbons (Fsp3) is 0.278. The molecule has 2 aromatic carbocycles. The normalized spacial score (nSPS) is 12.7. The number of carbonyl (C=O) groups excluding carboxylic acids is 1. The Bertz CT molecular complexity index is 829. The molecule has 0 aliphatic rings. The van der Waals surface area contributed by atoms with Crippen LogP contribution in [0.2, 0.25) is 0 Å². The van der Waals surface area contributed by atoms with Crippen LogP contribution in [0.25, 0.3) is 0 Å². The van der Waals surface area contributed by atoms with Crippen molar-refractivity contribution in [2.45, 2.75) is 37.6 Å². The van der Waals surface area contributed by atoms with Gasteiger partial charge in [-0.25, -0.2) is 18.4 Å². The number of anilines is 1. The second-order valence-electron chi connectivity index (χ2n) is 6.21. The Morgan fingerprint density at radius 3 is 1.92 bits per heavy atom. The molecule has 0 aromatic heterocycles. The predicted molar refractivity (Wildman–Crippen MR) is 98.9 cm³/mol. The third kappa shape index (κ3) is 5.30. The zero-order valence-corrected chi connectivity index (χ0v) is 15.3. The van der Waals surface area contributed by atoms with Gasteiger partial charge in [0.1, 0.15) is 0 Å². The summed E-state index contributed by atoms with van der Waals surface area (Å²) in [5, 5.41) is 10.7. The molecule has 0 radical (unpaired) electrons. The number of carbonyl (C=O) groups is 1. The van der Waals surface area contributed by atoms with Crippen LogP contribution in [-0.4, -0.2) is 14.4 Å². The largest absolute Gasteiger partial charge is 0.331 e. The fourth-order valence-electron chi connectivity index (χ4n) is 2.34. The molecule has 2 aromatic rings. The van der Waals surface area contributed by atoms with Gasteiger partial charge in [-0.05, 0) is 48.2 Å². The SMILES string of the molecule is CC(C)c1ccc(NC(=O)NC(C)c2ccc(S(N)(=O)=O)cc2)cc1. The van der Waals surface area contributed by atoms with Crippen molar-refractivity contribution in [1.29, 1.82) is 0 Å². The summed E-state index contributed by atoms with van der Waals surface area (Å²) >= 11 is 0. The molecule has 0 aliphatic heterocycles. The van der Waals surface area contributed by atoms with Crippen LogP contribution >= 0.6 is 0 Å². The molecule has 0 heterocycles. The first-order chi connectivity index (χ1) is 11.7. The first-order valence-corrected chi connectivity index (χ1v) is 9.51. The first kappa shape index (κ1) is 19.0. The van der Waals surface area contributed by atoms with Crippen LogP contribution in [-0.2, 0) is 10.0 Å². The Balaban J connectivity index is 1.97. The molecule has 0 saturated heterocycles. The standard InChI is InChI=1S/C18H23N3O3S/c1-12(2)14-4-8-16(9-5-14)21-18(22)20-13(3)15-6-10-17(11-7-15)25(19,23)24/h4-13H,1-3H3,(H2,19,23,24)(H2,20,21,22). The molecule has 2 rings (SSSR count). The van der Waals surface area contributed by atoms with Crippen LogP contribution in [0.1, 0.15) is 43.9 Å². The molecule has 6 nitrogen and oxygen atoms in total. The zero-order chi connectivity index (χ0) is 18.6. The van der Waals surface area contributed by atoms with Crippen molar-refractivity contribution in [2.24, 2.45) is 5.14 Å². The third-order valence-electron chi connectivity index (χ3n) is 3.89. The van der Waals surface area contributed by atoms with Gasteiger partial charge in [0.2, 0.25) is 10.0 Å². The number of rotatable bonds is 5. The number of amides is 2. The smallest absolute Gasteiger partial charge is 0.319 e. The van der Waals surface area contributed by atoms with E-state index in [1.807, 2.05) is 31.2 Å². The van der Waals surface area contributed by atoms with E-state index in [-0.39, 0.29) is 17.0 Å². The Morgan fingerprint density at radius 2 is 1.44 bits per heavy atom. The van der Waals surface area contributed by atoms with Crippen molar-refractivity contribution in [1.82, 2.24) is 5.32 Å². The molecule has 0 aliphatic carbocycles. The number of nitrogens with one attached hydrogen (secondary N) is 2. The van der Waals surface area contributed by atoms with Gasteiger partial charge in [0.25, 0.3) is 0 Å². The highest BCUT2D eigenvalue weighted by atomic mass is 32.2. The number of hydrogen-bond donors (Lipinski definition) is 3. The van der Waals surface area contributed by atoms with Crippen LogP contribution in [0.15, 0.2) is 53.4 Å². The maximum Gasteiger partial charge on any atom is 0.319 e. The molecule has 2 amide bonds.